The number of hydrogen-bond donors (Lipinski definition) is 0. The standard InChI is InChI=1S/C22H19F3N4O/c23-22(24,25)9-12-28-11-8-20-27-19-15-16(4-6-17-3-1-2-10-26-17)5-7-18(19)21(30)29(20)14-13-28/h1-3,5,7,10,15H,8-9,11-14H2. The number of rotatable bonds is 2. The fourth-order valence-electron chi connectivity index (χ4n) is 3.46. The van der Waals surface area contributed by atoms with Crippen molar-refractivity contribution in [1.82, 2.24) is 19.4 Å². The van der Waals surface area contributed by atoms with Crippen molar-refractivity contribution in [2.24, 2.45) is 0 Å². The monoisotopic (exact) mass is 412 g/mol. The molecular formula is C22H19F3N4O. The van der Waals surface area contributed by atoms with E-state index in [9.17, 15) is 18.0 Å². The Morgan fingerprint density at radius 2 is 1.93 bits per heavy atom. The van der Waals surface area contributed by atoms with Gasteiger partial charge in [-0.05, 0) is 36.3 Å². The molecule has 0 fully saturated rings. The van der Waals surface area contributed by atoms with E-state index in [0.717, 1.165) is 0 Å². The number of halogens is 3. The summed E-state index contributed by atoms with van der Waals surface area (Å²) < 4.78 is 39.2. The van der Waals surface area contributed by atoms with Crippen LogP contribution in [0.5, 0.6) is 0 Å². The quantitative estimate of drug-likeness (QED) is 0.608. The summed E-state index contributed by atoms with van der Waals surface area (Å²) in [6.45, 7) is 1.09. The second kappa shape index (κ2) is 8.28. The molecule has 0 unspecified atom stereocenters. The van der Waals surface area contributed by atoms with Crippen LogP contribution >= 0.6 is 0 Å². The molecule has 30 heavy (non-hydrogen) atoms. The molecule has 8 heteroatoms. The normalized spacial score (nSPS) is 14.6. The second-order valence-electron chi connectivity index (χ2n) is 7.14. The van der Waals surface area contributed by atoms with Gasteiger partial charge >= 0.3 is 6.18 Å². The maximum absolute atomic E-state index is 12.9. The third kappa shape index (κ3) is 4.69. The summed E-state index contributed by atoms with van der Waals surface area (Å²) in [4.78, 5) is 23.4. The Kier molecular flexibility index (Phi) is 5.55. The summed E-state index contributed by atoms with van der Waals surface area (Å²) in [6.07, 6.45) is -2.95. The molecule has 1 aliphatic heterocycles. The SMILES string of the molecule is O=c1c2ccc(C#Cc3ccccn3)cc2nc2n1CCN(CCC(F)(F)F)CC2. The molecular weight excluding hydrogens is 393 g/mol. The zero-order chi connectivity index (χ0) is 21.1. The van der Waals surface area contributed by atoms with Crippen molar-refractivity contribution in [2.45, 2.75) is 25.6 Å². The van der Waals surface area contributed by atoms with Crippen LogP contribution in [0.4, 0.5) is 13.2 Å². The van der Waals surface area contributed by atoms with E-state index in [2.05, 4.69) is 21.8 Å². The Balaban J connectivity index is 1.60. The number of fused-ring (bicyclic) bond motifs is 2. The van der Waals surface area contributed by atoms with Crippen molar-refractivity contribution < 1.29 is 13.2 Å². The number of benzene rings is 1. The Morgan fingerprint density at radius 3 is 2.70 bits per heavy atom. The van der Waals surface area contributed by atoms with E-state index < -0.39 is 12.6 Å². The Morgan fingerprint density at radius 1 is 1.07 bits per heavy atom. The predicted molar refractivity (Wildman–Crippen MR) is 107 cm³/mol. The van der Waals surface area contributed by atoms with Gasteiger partial charge in [-0.25, -0.2) is 9.97 Å². The van der Waals surface area contributed by atoms with Crippen LogP contribution in [0.3, 0.4) is 0 Å². The number of pyridine rings is 1. The van der Waals surface area contributed by atoms with Crippen LogP contribution < -0.4 is 5.56 Å². The molecule has 0 atom stereocenters. The molecule has 0 aliphatic carbocycles. The molecule has 2 aromatic heterocycles. The summed E-state index contributed by atoms with van der Waals surface area (Å²) in [5.41, 5.74) is 1.73. The van der Waals surface area contributed by atoms with Gasteiger partial charge in [0.05, 0.1) is 17.3 Å². The predicted octanol–water partition coefficient (Wildman–Crippen LogP) is 3.00. The average Bonchev–Trinajstić information content (AvgIpc) is 2.93. The lowest BCUT2D eigenvalue weighted by Gasteiger charge is -2.19. The Labute approximate surface area is 171 Å². The summed E-state index contributed by atoms with van der Waals surface area (Å²) in [6, 6.07) is 10.7. The zero-order valence-corrected chi connectivity index (χ0v) is 16.1. The van der Waals surface area contributed by atoms with Crippen LogP contribution in [-0.4, -0.2) is 45.2 Å². The first-order chi connectivity index (χ1) is 14.4. The second-order valence-corrected chi connectivity index (χ2v) is 7.14. The summed E-state index contributed by atoms with van der Waals surface area (Å²) in [5, 5.41) is 0.478. The smallest absolute Gasteiger partial charge is 0.301 e. The maximum atomic E-state index is 12.9. The molecule has 0 bridgehead atoms. The van der Waals surface area contributed by atoms with Crippen molar-refractivity contribution in [3.8, 4) is 11.8 Å². The van der Waals surface area contributed by atoms with E-state index in [4.69, 9.17) is 0 Å². The molecule has 0 radical (unpaired) electrons. The first kappa shape index (κ1) is 20.1. The summed E-state index contributed by atoms with van der Waals surface area (Å²) >= 11 is 0. The van der Waals surface area contributed by atoms with E-state index in [1.165, 1.54) is 0 Å². The van der Waals surface area contributed by atoms with Crippen molar-refractivity contribution in [2.75, 3.05) is 19.6 Å². The van der Waals surface area contributed by atoms with Crippen molar-refractivity contribution in [3.63, 3.8) is 0 Å². The number of nitrogens with zero attached hydrogens (tertiary/aromatic N) is 4. The lowest BCUT2D eigenvalue weighted by Crippen LogP contribution is -2.31. The largest absolute Gasteiger partial charge is 0.390 e. The topological polar surface area (TPSA) is 51.0 Å². The van der Waals surface area contributed by atoms with E-state index in [1.54, 1.807) is 33.9 Å². The van der Waals surface area contributed by atoms with E-state index in [1.807, 2.05) is 18.2 Å². The fourth-order valence-corrected chi connectivity index (χ4v) is 3.46. The minimum atomic E-state index is -4.18. The van der Waals surface area contributed by atoms with Gasteiger partial charge in [-0.2, -0.15) is 13.2 Å². The number of aromatic nitrogens is 3. The molecule has 4 rings (SSSR count). The molecule has 0 amide bonds. The zero-order valence-electron chi connectivity index (χ0n) is 16.1. The highest BCUT2D eigenvalue weighted by Gasteiger charge is 2.28. The van der Waals surface area contributed by atoms with Crippen LogP contribution in [-0.2, 0) is 13.0 Å². The van der Waals surface area contributed by atoms with Gasteiger partial charge in [0.25, 0.3) is 5.56 Å². The summed E-state index contributed by atoms with van der Waals surface area (Å²) in [5.74, 6) is 6.59. The van der Waals surface area contributed by atoms with Gasteiger partial charge in [0.1, 0.15) is 11.5 Å². The van der Waals surface area contributed by atoms with E-state index in [0.29, 0.717) is 54.0 Å². The molecule has 154 valence electrons. The highest BCUT2D eigenvalue weighted by molar-refractivity contribution is 5.79. The average molecular weight is 412 g/mol. The minimum Gasteiger partial charge on any atom is -0.301 e. The summed E-state index contributed by atoms with van der Waals surface area (Å²) in [7, 11) is 0. The van der Waals surface area contributed by atoms with E-state index >= 15 is 0 Å². The number of hydrogen-bond acceptors (Lipinski definition) is 4. The Hall–Kier alpha value is -3.18. The molecule has 3 aromatic rings. The van der Waals surface area contributed by atoms with E-state index in [-0.39, 0.29) is 12.1 Å². The van der Waals surface area contributed by atoms with Gasteiger partial charge in [-0.15, -0.1) is 0 Å². The van der Waals surface area contributed by atoms with Gasteiger partial charge in [-0.1, -0.05) is 12.0 Å². The molecule has 0 N–H and O–H groups in total. The Bertz CT molecular complexity index is 1180. The van der Waals surface area contributed by atoms with Gasteiger partial charge in [0.15, 0.2) is 0 Å². The van der Waals surface area contributed by atoms with Gasteiger partial charge in [0.2, 0.25) is 0 Å². The maximum Gasteiger partial charge on any atom is 0.390 e. The molecule has 0 saturated carbocycles. The van der Waals surface area contributed by atoms with Crippen LogP contribution in [0, 0.1) is 11.8 Å². The molecule has 5 nitrogen and oxygen atoms in total. The molecule has 1 aromatic carbocycles. The first-order valence-electron chi connectivity index (χ1n) is 9.65. The van der Waals surface area contributed by atoms with Gasteiger partial charge in [-0.3, -0.25) is 9.36 Å². The van der Waals surface area contributed by atoms with Crippen molar-refractivity contribution in [3.05, 3.63) is 70.0 Å². The van der Waals surface area contributed by atoms with Crippen LogP contribution in [0.2, 0.25) is 0 Å². The molecule has 1 aliphatic rings. The van der Waals surface area contributed by atoms with Crippen molar-refractivity contribution in [1.29, 1.82) is 0 Å². The lowest BCUT2D eigenvalue weighted by molar-refractivity contribution is -0.137. The molecule has 3 heterocycles. The fraction of sp³-hybridized carbons (Fsp3) is 0.318. The lowest BCUT2D eigenvalue weighted by atomic mass is 10.1. The van der Waals surface area contributed by atoms with Gasteiger partial charge < -0.3 is 4.90 Å². The van der Waals surface area contributed by atoms with Crippen molar-refractivity contribution >= 4 is 10.9 Å². The highest BCUT2D eigenvalue weighted by atomic mass is 19.4. The van der Waals surface area contributed by atoms with Crippen LogP contribution in [0.15, 0.2) is 47.4 Å². The van der Waals surface area contributed by atoms with Gasteiger partial charge in [0, 0.05) is 44.4 Å². The number of alkyl halides is 3. The molecule has 0 spiro atoms. The highest BCUT2D eigenvalue weighted by Crippen LogP contribution is 2.20. The minimum absolute atomic E-state index is 0.0704. The van der Waals surface area contributed by atoms with Crippen LogP contribution in [0.25, 0.3) is 10.9 Å². The molecule has 0 saturated heterocycles. The third-order valence-corrected chi connectivity index (χ3v) is 5.04. The first-order valence-corrected chi connectivity index (χ1v) is 9.65. The third-order valence-electron chi connectivity index (χ3n) is 5.04. The van der Waals surface area contributed by atoms with Crippen LogP contribution in [0.1, 0.15) is 23.5 Å².